The zero-order valence-electron chi connectivity index (χ0n) is 9.04. The molecule has 2 N–H and O–H groups in total. The average molecular weight is 205 g/mol. The quantitative estimate of drug-likeness (QED) is 0.702. The van der Waals surface area contributed by atoms with Crippen LogP contribution in [0.15, 0.2) is 18.2 Å². The number of fused-ring (bicyclic) bond motifs is 1. The molecule has 2 rings (SSSR count). The van der Waals surface area contributed by atoms with Crippen LogP contribution in [0.5, 0.6) is 0 Å². The maximum Gasteiger partial charge on any atom is 0.330 e. The molecule has 1 aromatic rings. The molecule has 0 aromatic heterocycles. The van der Waals surface area contributed by atoms with Gasteiger partial charge < -0.3 is 10.5 Å². The molecule has 0 saturated heterocycles. The summed E-state index contributed by atoms with van der Waals surface area (Å²) >= 11 is 0. The molecule has 3 heteroatoms. The fraction of sp³-hybridized carbons (Fsp3) is 0.417. The monoisotopic (exact) mass is 205 g/mol. The number of aryl methyl sites for hydroxylation is 1. The van der Waals surface area contributed by atoms with Gasteiger partial charge in [-0.1, -0.05) is 18.2 Å². The Balaban J connectivity index is 2.53. The Morgan fingerprint density at radius 2 is 2.27 bits per heavy atom. The summed E-state index contributed by atoms with van der Waals surface area (Å²) in [6.07, 6.45) is 1.49. The van der Waals surface area contributed by atoms with E-state index in [2.05, 4.69) is 0 Å². The first-order valence-corrected chi connectivity index (χ1v) is 5.06. The Hall–Kier alpha value is -1.35. The minimum atomic E-state index is -0.934. The van der Waals surface area contributed by atoms with Crippen LogP contribution in [0.3, 0.4) is 0 Å². The van der Waals surface area contributed by atoms with Crippen LogP contribution in [-0.4, -0.2) is 13.1 Å². The lowest BCUT2D eigenvalue weighted by Crippen LogP contribution is -2.43. The van der Waals surface area contributed by atoms with E-state index in [4.69, 9.17) is 10.5 Å². The van der Waals surface area contributed by atoms with E-state index >= 15 is 0 Å². The molecule has 0 radical (unpaired) electrons. The zero-order chi connectivity index (χ0) is 11.1. The van der Waals surface area contributed by atoms with Gasteiger partial charge in [0.25, 0.3) is 0 Å². The molecule has 1 atom stereocenters. The van der Waals surface area contributed by atoms with E-state index in [9.17, 15) is 4.79 Å². The van der Waals surface area contributed by atoms with E-state index in [0.717, 1.165) is 12.0 Å². The van der Waals surface area contributed by atoms with Gasteiger partial charge in [0.05, 0.1) is 7.11 Å². The first-order chi connectivity index (χ1) is 7.09. The van der Waals surface area contributed by atoms with E-state index < -0.39 is 5.54 Å². The van der Waals surface area contributed by atoms with Crippen molar-refractivity contribution < 1.29 is 9.53 Å². The van der Waals surface area contributed by atoms with Crippen LogP contribution in [0, 0.1) is 6.92 Å². The molecule has 80 valence electrons. The molecule has 0 bridgehead atoms. The molecular formula is C12H15NO2. The summed E-state index contributed by atoms with van der Waals surface area (Å²) in [5, 5.41) is 0. The topological polar surface area (TPSA) is 52.3 Å². The molecule has 0 saturated carbocycles. The van der Waals surface area contributed by atoms with Crippen molar-refractivity contribution in [2.75, 3.05) is 7.11 Å². The fourth-order valence-corrected chi connectivity index (χ4v) is 2.30. The molecule has 0 spiro atoms. The minimum Gasteiger partial charge on any atom is -0.467 e. The molecule has 15 heavy (non-hydrogen) atoms. The number of benzene rings is 1. The smallest absolute Gasteiger partial charge is 0.330 e. The van der Waals surface area contributed by atoms with Crippen molar-refractivity contribution in [1.82, 2.24) is 0 Å². The molecular weight excluding hydrogens is 190 g/mol. The van der Waals surface area contributed by atoms with E-state index in [1.54, 1.807) is 0 Å². The van der Waals surface area contributed by atoms with Gasteiger partial charge in [0.15, 0.2) is 0 Å². The third-order valence-corrected chi connectivity index (χ3v) is 3.21. The van der Waals surface area contributed by atoms with Crippen LogP contribution >= 0.6 is 0 Å². The van der Waals surface area contributed by atoms with Gasteiger partial charge in [-0.2, -0.15) is 0 Å². The number of methoxy groups -OCH3 is 1. The van der Waals surface area contributed by atoms with E-state index in [1.165, 1.54) is 18.2 Å². The normalized spacial score (nSPS) is 23.7. The van der Waals surface area contributed by atoms with Crippen molar-refractivity contribution in [3.8, 4) is 0 Å². The number of ether oxygens (including phenoxy) is 1. The standard InChI is InChI=1S/C12H15NO2/c1-8-4-3-5-10-9(8)6-7-12(10,13)11(14)15-2/h3-5H,6-7,13H2,1-2H3. The Morgan fingerprint density at radius 3 is 2.93 bits per heavy atom. The molecule has 0 aliphatic heterocycles. The third kappa shape index (κ3) is 1.35. The van der Waals surface area contributed by atoms with Gasteiger partial charge in [0, 0.05) is 0 Å². The highest BCUT2D eigenvalue weighted by atomic mass is 16.5. The molecule has 1 aromatic carbocycles. The summed E-state index contributed by atoms with van der Waals surface area (Å²) < 4.78 is 4.77. The van der Waals surface area contributed by atoms with Gasteiger partial charge in [-0.05, 0) is 36.5 Å². The molecule has 3 nitrogen and oxygen atoms in total. The van der Waals surface area contributed by atoms with Crippen molar-refractivity contribution in [3.63, 3.8) is 0 Å². The van der Waals surface area contributed by atoms with Crippen LogP contribution in [0.25, 0.3) is 0 Å². The van der Waals surface area contributed by atoms with E-state index in [0.29, 0.717) is 6.42 Å². The van der Waals surface area contributed by atoms with Crippen molar-refractivity contribution in [2.45, 2.75) is 25.3 Å². The summed E-state index contributed by atoms with van der Waals surface area (Å²) in [5.74, 6) is -0.341. The molecule has 1 aliphatic rings. The molecule has 1 aliphatic carbocycles. The highest BCUT2D eigenvalue weighted by Gasteiger charge is 2.43. The second-order valence-electron chi connectivity index (χ2n) is 4.06. The highest BCUT2D eigenvalue weighted by molar-refractivity contribution is 5.84. The lowest BCUT2D eigenvalue weighted by molar-refractivity contribution is -0.147. The Bertz CT molecular complexity index is 414. The number of esters is 1. The lowest BCUT2D eigenvalue weighted by Gasteiger charge is -2.22. The van der Waals surface area contributed by atoms with Crippen molar-refractivity contribution in [2.24, 2.45) is 5.73 Å². The maximum absolute atomic E-state index is 11.7. The van der Waals surface area contributed by atoms with E-state index in [-0.39, 0.29) is 5.97 Å². The van der Waals surface area contributed by atoms with E-state index in [1.807, 2.05) is 25.1 Å². The van der Waals surface area contributed by atoms with Crippen molar-refractivity contribution in [3.05, 3.63) is 34.9 Å². The predicted octanol–water partition coefficient (Wildman–Crippen LogP) is 1.27. The molecule has 0 fully saturated rings. The molecule has 1 unspecified atom stereocenters. The molecule has 0 heterocycles. The van der Waals surface area contributed by atoms with Crippen LogP contribution in [0.2, 0.25) is 0 Å². The first-order valence-electron chi connectivity index (χ1n) is 5.06. The Kier molecular flexibility index (Phi) is 2.27. The summed E-state index contributed by atoms with van der Waals surface area (Å²) in [4.78, 5) is 11.7. The van der Waals surface area contributed by atoms with Crippen LogP contribution < -0.4 is 5.73 Å². The molecule has 0 amide bonds. The maximum atomic E-state index is 11.7. The number of hydrogen-bond acceptors (Lipinski definition) is 3. The number of nitrogens with two attached hydrogens (primary N) is 1. The van der Waals surface area contributed by atoms with Gasteiger partial charge in [0.2, 0.25) is 0 Å². The summed E-state index contributed by atoms with van der Waals surface area (Å²) in [6.45, 7) is 2.04. The van der Waals surface area contributed by atoms with Gasteiger partial charge in [-0.25, -0.2) is 4.79 Å². The SMILES string of the molecule is COC(=O)C1(N)CCc2c(C)cccc21. The average Bonchev–Trinajstić information content (AvgIpc) is 2.59. The highest BCUT2D eigenvalue weighted by Crippen LogP contribution is 2.37. The summed E-state index contributed by atoms with van der Waals surface area (Å²) in [6, 6.07) is 5.90. The van der Waals surface area contributed by atoms with Crippen LogP contribution in [0.4, 0.5) is 0 Å². The van der Waals surface area contributed by atoms with Crippen LogP contribution in [-0.2, 0) is 21.5 Å². The van der Waals surface area contributed by atoms with Gasteiger partial charge in [-0.15, -0.1) is 0 Å². The summed E-state index contributed by atoms with van der Waals surface area (Å²) in [5.41, 5.74) is 8.51. The number of carbonyl (C=O) groups excluding carboxylic acids is 1. The lowest BCUT2D eigenvalue weighted by atomic mass is 9.92. The Morgan fingerprint density at radius 1 is 1.53 bits per heavy atom. The first kappa shape index (κ1) is 10.2. The second kappa shape index (κ2) is 3.35. The largest absolute Gasteiger partial charge is 0.467 e. The third-order valence-electron chi connectivity index (χ3n) is 3.21. The Labute approximate surface area is 89.2 Å². The van der Waals surface area contributed by atoms with Gasteiger partial charge in [0.1, 0.15) is 5.54 Å². The zero-order valence-corrected chi connectivity index (χ0v) is 9.04. The second-order valence-corrected chi connectivity index (χ2v) is 4.06. The van der Waals surface area contributed by atoms with Gasteiger partial charge >= 0.3 is 5.97 Å². The van der Waals surface area contributed by atoms with Crippen molar-refractivity contribution in [1.29, 1.82) is 0 Å². The predicted molar refractivity (Wildman–Crippen MR) is 57.4 cm³/mol. The summed E-state index contributed by atoms with van der Waals surface area (Å²) in [7, 11) is 1.38. The van der Waals surface area contributed by atoms with Crippen molar-refractivity contribution >= 4 is 5.97 Å². The number of carbonyl (C=O) groups is 1. The van der Waals surface area contributed by atoms with Crippen LogP contribution in [0.1, 0.15) is 23.1 Å². The number of rotatable bonds is 1. The fourth-order valence-electron chi connectivity index (χ4n) is 2.30. The minimum absolute atomic E-state index is 0.341. The number of hydrogen-bond donors (Lipinski definition) is 1. The van der Waals surface area contributed by atoms with Gasteiger partial charge in [-0.3, -0.25) is 0 Å².